The van der Waals surface area contributed by atoms with Crippen molar-refractivity contribution >= 4 is 0 Å². The van der Waals surface area contributed by atoms with Crippen LogP contribution in [0.25, 0.3) is 0 Å². The summed E-state index contributed by atoms with van der Waals surface area (Å²) in [7, 11) is 1.00. The van der Waals surface area contributed by atoms with Crippen LogP contribution in [0, 0.1) is 0 Å². The molecule has 0 aromatic heterocycles. The highest BCUT2D eigenvalue weighted by Gasteiger charge is 1.67. The predicted octanol–water partition coefficient (Wildman–Crippen LogP) is 3.16. The van der Waals surface area contributed by atoms with Crippen molar-refractivity contribution in [1.29, 1.82) is 0 Å². The molecule has 0 aliphatic carbocycles. The molecule has 0 amide bonds. The van der Waals surface area contributed by atoms with Crippen molar-refractivity contribution in [3.8, 4) is 0 Å². The number of aliphatic hydroxyl groups is 1. The maximum atomic E-state index is 7.00. The van der Waals surface area contributed by atoms with Gasteiger partial charge in [0.15, 0.2) is 0 Å². The van der Waals surface area contributed by atoms with E-state index in [0.29, 0.717) is 0 Å². The fourth-order valence-electron chi connectivity index (χ4n) is 0.319. The lowest BCUT2D eigenvalue weighted by Gasteiger charge is -1.79. The van der Waals surface area contributed by atoms with Gasteiger partial charge in [-0.15, -0.1) is 0 Å². The molecule has 11 heavy (non-hydrogen) atoms. The zero-order valence-electron chi connectivity index (χ0n) is 8.52. The molecule has 0 bridgehead atoms. The number of hydrogen-bond donors (Lipinski definition) is 1. The molecule has 0 rings (SSSR count). The molecule has 68 valence electrons. The Morgan fingerprint density at radius 2 is 1.73 bits per heavy atom. The van der Waals surface area contributed by atoms with Gasteiger partial charge in [-0.25, -0.2) is 0 Å². The molecule has 0 saturated carbocycles. The highest BCUT2D eigenvalue weighted by atomic mass is 16.2. The van der Waals surface area contributed by atoms with E-state index in [0.717, 1.165) is 19.1 Å². The van der Waals surface area contributed by atoms with Crippen molar-refractivity contribution in [3.63, 3.8) is 0 Å². The van der Waals surface area contributed by atoms with Crippen molar-refractivity contribution in [2.45, 2.75) is 34.1 Å². The summed E-state index contributed by atoms with van der Waals surface area (Å²) >= 11 is 0. The van der Waals surface area contributed by atoms with Crippen molar-refractivity contribution in [2.24, 2.45) is 0 Å². The smallest absolute Gasteiger partial charge is 0.0319 e. The summed E-state index contributed by atoms with van der Waals surface area (Å²) < 4.78 is 0. The van der Waals surface area contributed by atoms with Gasteiger partial charge in [-0.3, -0.25) is 0 Å². The van der Waals surface area contributed by atoms with Gasteiger partial charge in [0.05, 0.1) is 0 Å². The third kappa shape index (κ3) is 44.2. The highest BCUT2D eigenvalue weighted by Crippen LogP contribution is 1.89. The summed E-state index contributed by atoms with van der Waals surface area (Å²) in [5.74, 6) is 0. The summed E-state index contributed by atoms with van der Waals surface area (Å²) in [6, 6.07) is 0. The van der Waals surface area contributed by atoms with Gasteiger partial charge in [0, 0.05) is 7.11 Å². The monoisotopic (exact) mass is 158 g/mol. The molecule has 0 atom stereocenters. The van der Waals surface area contributed by atoms with Crippen LogP contribution in [0.5, 0.6) is 0 Å². The van der Waals surface area contributed by atoms with Gasteiger partial charge in [-0.05, 0) is 13.3 Å². The van der Waals surface area contributed by atoms with Crippen LogP contribution in [0.1, 0.15) is 34.1 Å². The van der Waals surface area contributed by atoms with Gasteiger partial charge in [0.1, 0.15) is 0 Å². The number of aliphatic hydroxyl groups excluding tert-OH is 1. The predicted molar refractivity (Wildman–Crippen MR) is 53.7 cm³/mol. The molecule has 0 unspecified atom stereocenters. The molecular formula is C10H22O. The van der Waals surface area contributed by atoms with E-state index in [9.17, 15) is 0 Å². The first-order valence-corrected chi connectivity index (χ1v) is 4.04. The standard InChI is InChI=1S/C7H12.C2H6.CH4O/c1-4-5-6-7(2)3;2*1-2/h5-6H,2,4H2,1,3H3;1-2H3;2H,1H3/b6-5-;;. The van der Waals surface area contributed by atoms with Crippen LogP contribution >= 0.6 is 0 Å². The Morgan fingerprint density at radius 1 is 1.36 bits per heavy atom. The summed E-state index contributed by atoms with van der Waals surface area (Å²) in [5.41, 5.74) is 1.13. The lowest BCUT2D eigenvalue weighted by Crippen LogP contribution is -1.58. The van der Waals surface area contributed by atoms with Gasteiger partial charge < -0.3 is 5.11 Å². The second-order valence-electron chi connectivity index (χ2n) is 1.66. The zero-order chi connectivity index (χ0) is 9.70. The van der Waals surface area contributed by atoms with Gasteiger partial charge in [-0.1, -0.05) is 45.1 Å². The lowest BCUT2D eigenvalue weighted by atomic mass is 10.3. The molecule has 1 heteroatoms. The summed E-state index contributed by atoms with van der Waals surface area (Å²) in [6.45, 7) is 11.8. The fraction of sp³-hybridized carbons (Fsp3) is 0.600. The molecule has 1 nitrogen and oxygen atoms in total. The Bertz CT molecular complexity index is 82.9. The summed E-state index contributed by atoms with van der Waals surface area (Å²) in [4.78, 5) is 0. The minimum atomic E-state index is 1.00. The molecule has 0 heterocycles. The first-order valence-electron chi connectivity index (χ1n) is 4.04. The van der Waals surface area contributed by atoms with Crippen molar-refractivity contribution in [1.82, 2.24) is 0 Å². The largest absolute Gasteiger partial charge is 0.400 e. The SMILES string of the molecule is C=C(C)/C=C\CC.CC.CO. The van der Waals surface area contributed by atoms with Crippen LogP contribution in [-0.2, 0) is 0 Å². The van der Waals surface area contributed by atoms with E-state index in [2.05, 4.69) is 19.6 Å². The first-order chi connectivity index (χ1) is 5.27. The lowest BCUT2D eigenvalue weighted by molar-refractivity contribution is 0.399. The molecular weight excluding hydrogens is 136 g/mol. The quantitative estimate of drug-likeness (QED) is 0.612. The van der Waals surface area contributed by atoms with Crippen LogP contribution in [0.15, 0.2) is 24.3 Å². The maximum Gasteiger partial charge on any atom is 0.0319 e. The van der Waals surface area contributed by atoms with E-state index in [4.69, 9.17) is 5.11 Å². The van der Waals surface area contributed by atoms with E-state index in [1.807, 2.05) is 26.8 Å². The minimum Gasteiger partial charge on any atom is -0.400 e. The minimum absolute atomic E-state index is 1.00. The van der Waals surface area contributed by atoms with E-state index in [1.165, 1.54) is 0 Å². The Labute approximate surface area is 71.5 Å². The Kier molecular flexibility index (Phi) is 34.7. The topological polar surface area (TPSA) is 20.2 Å². The first kappa shape index (κ1) is 16.8. The Hall–Kier alpha value is -0.560. The van der Waals surface area contributed by atoms with Crippen molar-refractivity contribution in [2.75, 3.05) is 7.11 Å². The molecule has 0 saturated heterocycles. The molecule has 0 aliphatic heterocycles. The van der Waals surface area contributed by atoms with Gasteiger partial charge >= 0.3 is 0 Å². The fourth-order valence-corrected chi connectivity index (χ4v) is 0.319. The van der Waals surface area contributed by atoms with E-state index < -0.39 is 0 Å². The van der Waals surface area contributed by atoms with Crippen LogP contribution in [0.3, 0.4) is 0 Å². The Morgan fingerprint density at radius 3 is 1.82 bits per heavy atom. The van der Waals surface area contributed by atoms with Gasteiger partial charge in [-0.2, -0.15) is 0 Å². The summed E-state index contributed by atoms with van der Waals surface area (Å²) in [5, 5.41) is 7.00. The number of rotatable bonds is 2. The molecule has 0 aliphatic rings. The molecule has 0 fully saturated rings. The van der Waals surface area contributed by atoms with Gasteiger partial charge in [0.2, 0.25) is 0 Å². The van der Waals surface area contributed by atoms with E-state index >= 15 is 0 Å². The third-order valence-electron chi connectivity index (χ3n) is 0.638. The zero-order valence-corrected chi connectivity index (χ0v) is 8.52. The normalized spacial score (nSPS) is 7.45. The molecule has 0 aromatic carbocycles. The van der Waals surface area contributed by atoms with E-state index in [-0.39, 0.29) is 0 Å². The molecule has 1 N–H and O–H groups in total. The van der Waals surface area contributed by atoms with Crippen LogP contribution in [0.2, 0.25) is 0 Å². The average Bonchev–Trinajstić information content (AvgIpc) is 2.08. The summed E-state index contributed by atoms with van der Waals surface area (Å²) in [6.07, 6.45) is 5.23. The molecule has 0 radical (unpaired) electrons. The van der Waals surface area contributed by atoms with Crippen molar-refractivity contribution < 1.29 is 5.11 Å². The maximum absolute atomic E-state index is 7.00. The average molecular weight is 158 g/mol. The highest BCUT2D eigenvalue weighted by molar-refractivity contribution is 5.10. The number of allylic oxidation sites excluding steroid dienone is 3. The number of hydrogen-bond acceptors (Lipinski definition) is 1. The Balaban J connectivity index is -0.000000138. The second-order valence-corrected chi connectivity index (χ2v) is 1.66. The third-order valence-corrected chi connectivity index (χ3v) is 0.638. The second kappa shape index (κ2) is 22.7. The van der Waals surface area contributed by atoms with Crippen LogP contribution < -0.4 is 0 Å². The molecule has 0 spiro atoms. The van der Waals surface area contributed by atoms with Gasteiger partial charge in [0.25, 0.3) is 0 Å². The van der Waals surface area contributed by atoms with Crippen molar-refractivity contribution in [3.05, 3.63) is 24.3 Å². The molecule has 0 aromatic rings. The van der Waals surface area contributed by atoms with Crippen LogP contribution in [-0.4, -0.2) is 12.2 Å². The van der Waals surface area contributed by atoms with E-state index in [1.54, 1.807) is 0 Å². The van der Waals surface area contributed by atoms with Crippen LogP contribution in [0.4, 0.5) is 0 Å².